The van der Waals surface area contributed by atoms with E-state index in [0.29, 0.717) is 19.2 Å². The van der Waals surface area contributed by atoms with Crippen LogP contribution < -0.4 is 5.32 Å². The van der Waals surface area contributed by atoms with Gasteiger partial charge in [-0.25, -0.2) is 9.97 Å². The quantitative estimate of drug-likeness (QED) is 0.883. The van der Waals surface area contributed by atoms with E-state index >= 15 is 0 Å². The molecule has 0 amide bonds. The number of ether oxygens (including phenoxy) is 2. The third kappa shape index (κ3) is 2.45. The van der Waals surface area contributed by atoms with Gasteiger partial charge in [0.25, 0.3) is 0 Å². The molecule has 2 aromatic rings. The molecule has 4 atom stereocenters. The van der Waals surface area contributed by atoms with Crippen molar-refractivity contribution in [2.24, 2.45) is 0 Å². The Morgan fingerprint density at radius 1 is 1.05 bits per heavy atom. The van der Waals surface area contributed by atoms with Gasteiger partial charge in [0.2, 0.25) is 5.95 Å². The van der Waals surface area contributed by atoms with Crippen LogP contribution >= 0.6 is 0 Å². The molecule has 6 heteroatoms. The zero-order valence-corrected chi connectivity index (χ0v) is 11.9. The van der Waals surface area contributed by atoms with Crippen LogP contribution in [0.25, 0.3) is 11.3 Å². The van der Waals surface area contributed by atoms with Crippen LogP contribution in [0, 0.1) is 0 Å². The van der Waals surface area contributed by atoms with Crippen molar-refractivity contribution in [2.45, 2.75) is 24.4 Å². The van der Waals surface area contributed by atoms with Gasteiger partial charge in [-0.3, -0.25) is 0 Å². The molecule has 2 aliphatic heterocycles. The van der Waals surface area contributed by atoms with Gasteiger partial charge in [0.1, 0.15) is 18.3 Å². The van der Waals surface area contributed by atoms with Gasteiger partial charge in [-0.05, 0) is 6.07 Å². The van der Waals surface area contributed by atoms with Gasteiger partial charge in [0, 0.05) is 11.8 Å². The highest BCUT2D eigenvalue weighted by molar-refractivity contribution is 5.59. The molecule has 6 nitrogen and oxygen atoms in total. The Kier molecular flexibility index (Phi) is 3.49. The second kappa shape index (κ2) is 5.64. The first-order valence-corrected chi connectivity index (χ1v) is 7.37. The maximum Gasteiger partial charge on any atom is 0.223 e. The normalized spacial score (nSPS) is 30.2. The fourth-order valence-electron chi connectivity index (χ4n) is 2.97. The van der Waals surface area contributed by atoms with Crippen molar-refractivity contribution in [1.82, 2.24) is 9.97 Å². The lowest BCUT2D eigenvalue weighted by atomic mass is 10.1. The molecule has 2 saturated heterocycles. The predicted octanol–water partition coefficient (Wildman–Crippen LogP) is 1.08. The zero-order chi connectivity index (χ0) is 14.9. The fraction of sp³-hybridized carbons (Fsp3) is 0.375. The van der Waals surface area contributed by atoms with E-state index in [0.717, 1.165) is 11.3 Å². The molecule has 1 aromatic heterocycles. The molecule has 2 fully saturated rings. The molecule has 0 saturated carbocycles. The molecule has 4 rings (SSSR count). The molecule has 4 unspecified atom stereocenters. The van der Waals surface area contributed by atoms with E-state index in [4.69, 9.17) is 9.47 Å². The van der Waals surface area contributed by atoms with E-state index in [2.05, 4.69) is 15.3 Å². The topological polar surface area (TPSA) is 76.5 Å². The fourth-order valence-corrected chi connectivity index (χ4v) is 2.97. The van der Waals surface area contributed by atoms with E-state index in [1.807, 2.05) is 36.4 Å². The molecule has 2 N–H and O–H groups in total. The van der Waals surface area contributed by atoms with Crippen LogP contribution in [0.5, 0.6) is 0 Å². The van der Waals surface area contributed by atoms with Crippen molar-refractivity contribution in [3.63, 3.8) is 0 Å². The van der Waals surface area contributed by atoms with Crippen molar-refractivity contribution in [1.29, 1.82) is 0 Å². The smallest absolute Gasteiger partial charge is 0.223 e. The van der Waals surface area contributed by atoms with Gasteiger partial charge in [0.05, 0.1) is 24.9 Å². The number of fused-ring (bicyclic) bond motifs is 1. The maximum absolute atomic E-state index is 9.77. The lowest BCUT2D eigenvalue weighted by Gasteiger charge is -2.17. The van der Waals surface area contributed by atoms with Crippen LogP contribution in [0.2, 0.25) is 0 Å². The first-order valence-electron chi connectivity index (χ1n) is 7.37. The van der Waals surface area contributed by atoms with E-state index in [-0.39, 0.29) is 18.2 Å². The minimum atomic E-state index is -0.548. The molecule has 0 bridgehead atoms. The van der Waals surface area contributed by atoms with Gasteiger partial charge in [0.15, 0.2) is 0 Å². The minimum Gasteiger partial charge on any atom is -0.388 e. The average molecular weight is 299 g/mol. The monoisotopic (exact) mass is 299 g/mol. The van der Waals surface area contributed by atoms with Crippen LogP contribution in [-0.2, 0) is 9.47 Å². The van der Waals surface area contributed by atoms with Gasteiger partial charge in [-0.2, -0.15) is 0 Å². The number of aromatic nitrogens is 2. The maximum atomic E-state index is 9.77. The summed E-state index contributed by atoms with van der Waals surface area (Å²) in [6, 6.07) is 11.8. The molecule has 2 aliphatic rings. The third-order valence-corrected chi connectivity index (χ3v) is 4.07. The molecular formula is C16H17N3O3. The van der Waals surface area contributed by atoms with Crippen molar-refractivity contribution in [3.05, 3.63) is 42.6 Å². The van der Waals surface area contributed by atoms with Crippen LogP contribution in [0.3, 0.4) is 0 Å². The standard InChI is InChI=1S/C16H17N3O3/c20-13-9-22-14-12(8-21-15(13)14)19-16-17-7-6-11(18-16)10-4-2-1-3-5-10/h1-7,12-15,20H,8-9H2,(H,17,18,19). The Labute approximate surface area is 128 Å². The molecule has 1 aromatic carbocycles. The zero-order valence-electron chi connectivity index (χ0n) is 11.9. The largest absolute Gasteiger partial charge is 0.388 e. The Balaban J connectivity index is 1.52. The summed E-state index contributed by atoms with van der Waals surface area (Å²) in [6.07, 6.45) is 0.775. The molecule has 0 aliphatic carbocycles. The lowest BCUT2D eigenvalue weighted by molar-refractivity contribution is 0.0184. The van der Waals surface area contributed by atoms with Gasteiger partial charge < -0.3 is 19.9 Å². The van der Waals surface area contributed by atoms with Crippen molar-refractivity contribution in [2.75, 3.05) is 18.5 Å². The van der Waals surface area contributed by atoms with E-state index in [9.17, 15) is 5.11 Å². The lowest BCUT2D eigenvalue weighted by Crippen LogP contribution is -2.36. The Morgan fingerprint density at radius 2 is 1.86 bits per heavy atom. The Morgan fingerprint density at radius 3 is 2.73 bits per heavy atom. The van der Waals surface area contributed by atoms with Crippen LogP contribution in [0.4, 0.5) is 5.95 Å². The molecule has 22 heavy (non-hydrogen) atoms. The minimum absolute atomic E-state index is 0.0480. The summed E-state index contributed by atoms with van der Waals surface area (Å²) < 4.78 is 11.2. The highest BCUT2D eigenvalue weighted by Gasteiger charge is 2.47. The summed E-state index contributed by atoms with van der Waals surface area (Å²) in [5.74, 6) is 0.542. The van der Waals surface area contributed by atoms with Gasteiger partial charge in [-0.1, -0.05) is 30.3 Å². The SMILES string of the molecule is OC1COC2C(Nc3nccc(-c4ccccc4)n3)COC12. The van der Waals surface area contributed by atoms with Gasteiger partial charge >= 0.3 is 0 Å². The summed E-state index contributed by atoms with van der Waals surface area (Å²) in [4.78, 5) is 8.81. The number of benzene rings is 1. The van der Waals surface area contributed by atoms with Crippen LogP contribution in [0.1, 0.15) is 0 Å². The number of aliphatic hydroxyl groups is 1. The van der Waals surface area contributed by atoms with Crippen LogP contribution in [0.15, 0.2) is 42.6 Å². The number of hydrogen-bond acceptors (Lipinski definition) is 6. The third-order valence-electron chi connectivity index (χ3n) is 4.07. The number of aliphatic hydroxyl groups excluding tert-OH is 1. The summed E-state index contributed by atoms with van der Waals surface area (Å²) >= 11 is 0. The number of anilines is 1. The van der Waals surface area contributed by atoms with Crippen LogP contribution in [-0.4, -0.2) is 52.6 Å². The number of nitrogens with one attached hydrogen (secondary N) is 1. The van der Waals surface area contributed by atoms with Gasteiger partial charge in [-0.15, -0.1) is 0 Å². The molecule has 0 radical (unpaired) electrons. The molecule has 114 valence electrons. The van der Waals surface area contributed by atoms with E-state index in [1.54, 1.807) is 6.20 Å². The molecular weight excluding hydrogens is 282 g/mol. The molecule has 0 spiro atoms. The first-order chi connectivity index (χ1) is 10.8. The van der Waals surface area contributed by atoms with Crippen molar-refractivity contribution in [3.8, 4) is 11.3 Å². The summed E-state index contributed by atoms with van der Waals surface area (Å²) in [6.45, 7) is 0.795. The highest BCUT2D eigenvalue weighted by atomic mass is 16.6. The Hall–Kier alpha value is -2.02. The highest BCUT2D eigenvalue weighted by Crippen LogP contribution is 2.28. The summed E-state index contributed by atoms with van der Waals surface area (Å²) in [7, 11) is 0. The van der Waals surface area contributed by atoms with Crippen molar-refractivity contribution < 1.29 is 14.6 Å². The van der Waals surface area contributed by atoms with Crippen molar-refractivity contribution >= 4 is 5.95 Å². The predicted molar refractivity (Wildman–Crippen MR) is 80.4 cm³/mol. The molecule has 3 heterocycles. The Bertz CT molecular complexity index is 652. The van der Waals surface area contributed by atoms with E-state index < -0.39 is 6.10 Å². The second-order valence-electron chi connectivity index (χ2n) is 5.55. The first kappa shape index (κ1) is 13.6. The number of rotatable bonds is 3. The number of nitrogens with zero attached hydrogens (tertiary/aromatic N) is 2. The summed E-state index contributed by atoms with van der Waals surface area (Å²) in [5, 5.41) is 13.0. The second-order valence-corrected chi connectivity index (χ2v) is 5.55. The number of hydrogen-bond donors (Lipinski definition) is 2. The summed E-state index contributed by atoms with van der Waals surface area (Å²) in [5.41, 5.74) is 1.90. The van der Waals surface area contributed by atoms with E-state index in [1.165, 1.54) is 0 Å². The average Bonchev–Trinajstić information content (AvgIpc) is 3.13.